The van der Waals surface area contributed by atoms with Crippen molar-refractivity contribution < 1.29 is 43.1 Å². The van der Waals surface area contributed by atoms with Gasteiger partial charge in [0.05, 0.1) is 25.9 Å². The van der Waals surface area contributed by atoms with Crippen LogP contribution in [0.15, 0.2) is 21.9 Å². The Kier molecular flexibility index (Phi) is 12.3. The Labute approximate surface area is 177 Å². The van der Waals surface area contributed by atoms with Crippen molar-refractivity contribution in [1.82, 2.24) is 9.55 Å². The fraction of sp³-hybridized carbons (Fsp3) is 0.667. The van der Waals surface area contributed by atoms with Gasteiger partial charge in [-0.25, -0.2) is 4.79 Å². The Balaban J connectivity index is 2.46. The Morgan fingerprint density at radius 1 is 1.00 bits per heavy atom. The van der Waals surface area contributed by atoms with Gasteiger partial charge < -0.3 is 33.5 Å². The first-order valence-corrected chi connectivity index (χ1v) is 9.40. The lowest BCUT2D eigenvalue weighted by molar-refractivity contribution is -0.300. The molecule has 2 N–H and O–H groups in total. The zero-order valence-corrected chi connectivity index (χ0v) is 17.6. The van der Waals surface area contributed by atoms with Gasteiger partial charge in [0.2, 0.25) is 0 Å². The number of ether oxygens (including phenoxy) is 6. The van der Waals surface area contributed by atoms with E-state index in [9.17, 15) is 24.3 Å². The molecule has 176 valence electrons. The molecule has 0 spiro atoms. The van der Waals surface area contributed by atoms with Gasteiger partial charge in [0.25, 0.3) is 12.0 Å². The molecule has 0 bridgehead atoms. The van der Waals surface area contributed by atoms with Crippen molar-refractivity contribution >= 4 is 11.9 Å². The second-order valence-corrected chi connectivity index (χ2v) is 6.19. The molecule has 0 aliphatic rings. The van der Waals surface area contributed by atoms with E-state index in [-0.39, 0.29) is 39.8 Å². The molecule has 0 aliphatic heterocycles. The van der Waals surface area contributed by atoms with E-state index in [0.717, 1.165) is 4.57 Å². The molecule has 0 saturated carbocycles. The number of hydrogen-bond acceptors (Lipinski definition) is 11. The molecule has 31 heavy (non-hydrogen) atoms. The van der Waals surface area contributed by atoms with Gasteiger partial charge in [-0.05, 0) is 6.92 Å². The maximum atomic E-state index is 11.6. The van der Waals surface area contributed by atoms with Crippen LogP contribution in [0, 0.1) is 0 Å². The number of carbonyl (C=O) groups excluding carboxylic acids is 2. The second-order valence-electron chi connectivity index (χ2n) is 6.19. The minimum absolute atomic E-state index is 0.0293. The minimum atomic E-state index is -1.23. The molecule has 2 atom stereocenters. The maximum Gasteiger partial charge on any atom is 0.330 e. The summed E-state index contributed by atoms with van der Waals surface area (Å²) in [6.45, 7) is 2.26. The number of esters is 2. The van der Waals surface area contributed by atoms with Crippen molar-refractivity contribution in [3.63, 3.8) is 0 Å². The quantitative estimate of drug-likeness (QED) is 0.186. The minimum Gasteiger partial charge on any atom is -0.463 e. The molecule has 0 fully saturated rings. The molecule has 1 aromatic heterocycles. The highest BCUT2D eigenvalue weighted by molar-refractivity contribution is 5.66. The Morgan fingerprint density at radius 2 is 1.58 bits per heavy atom. The van der Waals surface area contributed by atoms with E-state index in [1.807, 2.05) is 0 Å². The van der Waals surface area contributed by atoms with Crippen LogP contribution in [0.1, 0.15) is 20.8 Å². The molecule has 0 radical (unpaired) electrons. The second kappa shape index (κ2) is 14.4. The summed E-state index contributed by atoms with van der Waals surface area (Å²) in [5.41, 5.74) is -1.18. The van der Waals surface area contributed by atoms with Crippen LogP contribution in [0.2, 0.25) is 0 Å². The van der Waals surface area contributed by atoms with Gasteiger partial charge in [0, 0.05) is 26.1 Å². The lowest BCUT2D eigenvalue weighted by atomic mass is 10.2. The first-order valence-electron chi connectivity index (χ1n) is 9.40. The first-order chi connectivity index (χ1) is 14.7. The van der Waals surface area contributed by atoms with E-state index in [1.165, 1.54) is 26.1 Å². The monoisotopic (exact) mass is 448 g/mol. The van der Waals surface area contributed by atoms with Crippen molar-refractivity contribution in [1.29, 1.82) is 0 Å². The molecule has 0 amide bonds. The van der Waals surface area contributed by atoms with Gasteiger partial charge in [-0.15, -0.1) is 0 Å². The van der Waals surface area contributed by atoms with Crippen LogP contribution >= 0.6 is 0 Å². The SMILES string of the molecule is CC(=O)OCCOC(OCCOC(C)=O)OC[C@@H](O)[C@@H](C)OCn1ccc(=O)[nH]c1=O. The molecule has 0 aliphatic carbocycles. The van der Waals surface area contributed by atoms with E-state index < -0.39 is 41.9 Å². The topological polar surface area (TPSA) is 165 Å². The summed E-state index contributed by atoms with van der Waals surface area (Å²) >= 11 is 0. The third-order valence-corrected chi connectivity index (χ3v) is 3.60. The number of aliphatic hydroxyl groups excluding tert-OH is 1. The molecule has 13 heteroatoms. The van der Waals surface area contributed by atoms with Crippen LogP contribution in [0.25, 0.3) is 0 Å². The van der Waals surface area contributed by atoms with E-state index >= 15 is 0 Å². The van der Waals surface area contributed by atoms with Crippen molar-refractivity contribution in [3.8, 4) is 0 Å². The predicted molar refractivity (Wildman–Crippen MR) is 103 cm³/mol. The number of nitrogens with zero attached hydrogens (tertiary/aromatic N) is 1. The highest BCUT2D eigenvalue weighted by Crippen LogP contribution is 2.05. The van der Waals surface area contributed by atoms with Crippen LogP contribution in [0.4, 0.5) is 0 Å². The predicted octanol–water partition coefficient (Wildman–Crippen LogP) is -1.28. The number of aromatic nitrogens is 2. The van der Waals surface area contributed by atoms with Gasteiger partial charge in [-0.2, -0.15) is 0 Å². The summed E-state index contributed by atoms with van der Waals surface area (Å²) < 4.78 is 31.9. The van der Waals surface area contributed by atoms with Crippen LogP contribution in [0.3, 0.4) is 0 Å². The lowest BCUT2D eigenvalue weighted by Crippen LogP contribution is -2.36. The number of H-pyrrole nitrogens is 1. The van der Waals surface area contributed by atoms with E-state index in [0.29, 0.717) is 0 Å². The third-order valence-electron chi connectivity index (χ3n) is 3.60. The fourth-order valence-corrected chi connectivity index (χ4v) is 1.97. The van der Waals surface area contributed by atoms with Crippen molar-refractivity contribution in [2.24, 2.45) is 0 Å². The Bertz CT molecular complexity index is 769. The summed E-state index contributed by atoms with van der Waals surface area (Å²) in [5, 5.41) is 10.2. The van der Waals surface area contributed by atoms with Crippen LogP contribution in [-0.2, 0) is 44.7 Å². The summed E-state index contributed by atoms with van der Waals surface area (Å²) in [4.78, 5) is 46.3. The highest BCUT2D eigenvalue weighted by atomic mass is 16.8. The number of hydrogen-bond donors (Lipinski definition) is 2. The lowest BCUT2D eigenvalue weighted by Gasteiger charge is -2.23. The number of carbonyl (C=O) groups is 2. The first kappa shape index (κ1) is 26.5. The highest BCUT2D eigenvalue weighted by Gasteiger charge is 2.19. The summed E-state index contributed by atoms with van der Waals surface area (Å²) in [6, 6.07) is 1.17. The molecule has 1 heterocycles. The van der Waals surface area contributed by atoms with E-state index in [2.05, 4.69) is 4.98 Å². The van der Waals surface area contributed by atoms with E-state index in [1.54, 1.807) is 6.92 Å². The standard InChI is InChI=1S/C18H28N2O11/c1-12(31-11-20-5-4-16(24)19-17(20)25)15(23)10-30-18(28-8-6-26-13(2)21)29-9-7-27-14(3)22/h4-5,12,15,18,23H,6-11H2,1-3H3,(H,19,24,25)/t12-,15-/m1/s1. The number of nitrogens with one attached hydrogen (secondary N) is 1. The molecule has 0 saturated heterocycles. The van der Waals surface area contributed by atoms with Gasteiger partial charge >= 0.3 is 17.6 Å². The van der Waals surface area contributed by atoms with Gasteiger partial charge in [-0.3, -0.25) is 23.9 Å². The average molecular weight is 448 g/mol. The fourth-order valence-electron chi connectivity index (χ4n) is 1.97. The van der Waals surface area contributed by atoms with Crippen molar-refractivity contribution in [2.45, 2.75) is 46.2 Å². The number of aromatic amines is 1. The van der Waals surface area contributed by atoms with Crippen molar-refractivity contribution in [3.05, 3.63) is 33.1 Å². The smallest absolute Gasteiger partial charge is 0.330 e. The molecule has 0 aromatic carbocycles. The average Bonchev–Trinajstić information content (AvgIpc) is 2.70. The molecule has 1 rings (SSSR count). The number of rotatable bonds is 15. The summed E-state index contributed by atoms with van der Waals surface area (Å²) in [5.74, 6) is -0.945. The third kappa shape index (κ3) is 12.0. The Morgan fingerprint density at radius 3 is 2.10 bits per heavy atom. The molecule has 0 unspecified atom stereocenters. The normalized spacial score (nSPS) is 13.1. The summed E-state index contributed by atoms with van der Waals surface area (Å²) in [6.07, 6.45) is -0.600. The van der Waals surface area contributed by atoms with Gasteiger partial charge in [0.1, 0.15) is 26.0 Å². The van der Waals surface area contributed by atoms with Crippen LogP contribution < -0.4 is 11.2 Å². The zero-order chi connectivity index (χ0) is 23.2. The molecular weight excluding hydrogens is 420 g/mol. The maximum absolute atomic E-state index is 11.6. The molecule has 1 aromatic rings. The largest absolute Gasteiger partial charge is 0.463 e. The molecule has 13 nitrogen and oxygen atoms in total. The Hall–Kier alpha value is -2.58. The summed E-state index contributed by atoms with van der Waals surface area (Å²) in [7, 11) is 0. The van der Waals surface area contributed by atoms with Gasteiger partial charge in [0.15, 0.2) is 0 Å². The number of aliphatic hydroxyl groups is 1. The molecular formula is C18H28N2O11. The zero-order valence-electron chi connectivity index (χ0n) is 17.6. The van der Waals surface area contributed by atoms with Crippen LogP contribution in [0.5, 0.6) is 0 Å². The van der Waals surface area contributed by atoms with E-state index in [4.69, 9.17) is 28.4 Å². The van der Waals surface area contributed by atoms with Gasteiger partial charge in [-0.1, -0.05) is 0 Å². The van der Waals surface area contributed by atoms with Crippen LogP contribution in [-0.4, -0.2) is 78.3 Å². The van der Waals surface area contributed by atoms with Crippen molar-refractivity contribution in [2.75, 3.05) is 33.0 Å².